The molecule has 1 aromatic carbocycles. The highest BCUT2D eigenvalue weighted by molar-refractivity contribution is 9.11. The minimum atomic E-state index is -1.06. The van der Waals surface area contributed by atoms with Gasteiger partial charge in [0.05, 0.1) is 41.1 Å². The summed E-state index contributed by atoms with van der Waals surface area (Å²) in [6, 6.07) is 10.8. The Morgan fingerprint density at radius 3 is 2.66 bits per heavy atom. The molecule has 0 fully saturated rings. The van der Waals surface area contributed by atoms with Crippen molar-refractivity contribution < 1.29 is 24.9 Å². The van der Waals surface area contributed by atoms with E-state index in [0.29, 0.717) is 41.5 Å². The molecule has 3 atom stereocenters. The molecular formula is C25H27BrN6O5S. The number of imidazole rings is 1. The zero-order valence-electron chi connectivity index (χ0n) is 20.1. The molecule has 1 amide bonds. The second-order valence-electron chi connectivity index (χ2n) is 8.32. The number of aromatic nitrogens is 4. The lowest BCUT2D eigenvalue weighted by Crippen LogP contribution is -2.29. The first kappa shape index (κ1) is 27.7. The number of hydrogen-bond donors (Lipinski definition) is 5. The average molecular weight is 603 g/mol. The maximum atomic E-state index is 11.6. The highest BCUT2D eigenvalue weighted by atomic mass is 79.9. The maximum absolute atomic E-state index is 11.6. The van der Waals surface area contributed by atoms with Crippen molar-refractivity contribution in [3.8, 4) is 5.75 Å². The van der Waals surface area contributed by atoms with E-state index in [0.717, 1.165) is 15.1 Å². The summed E-state index contributed by atoms with van der Waals surface area (Å²) >= 11 is 4.69. The summed E-state index contributed by atoms with van der Waals surface area (Å²) in [5.74, 6) is 1.10. The van der Waals surface area contributed by atoms with Gasteiger partial charge >= 0.3 is 0 Å². The van der Waals surface area contributed by atoms with Crippen molar-refractivity contribution in [3.05, 3.63) is 70.6 Å². The summed E-state index contributed by atoms with van der Waals surface area (Å²) < 4.78 is 8.12. The number of aliphatic hydroxyl groups is 3. The topological polar surface area (TPSA) is 169 Å². The number of nitrogens with one attached hydrogen (secondary N) is 1. The molecule has 38 heavy (non-hydrogen) atoms. The van der Waals surface area contributed by atoms with E-state index in [4.69, 9.17) is 15.6 Å². The first-order chi connectivity index (χ1) is 18.4. The normalized spacial score (nSPS) is 18.5. The van der Waals surface area contributed by atoms with E-state index in [1.54, 1.807) is 35.4 Å². The Hall–Kier alpha value is -3.36. The van der Waals surface area contributed by atoms with Crippen LogP contribution in [0.5, 0.6) is 5.75 Å². The Morgan fingerprint density at radius 1 is 1.18 bits per heavy atom. The van der Waals surface area contributed by atoms with E-state index in [1.165, 1.54) is 11.3 Å². The Labute approximate surface area is 230 Å². The van der Waals surface area contributed by atoms with Crippen LogP contribution in [0, 0.1) is 0 Å². The third kappa shape index (κ3) is 6.74. The molecule has 3 aromatic heterocycles. The molecular weight excluding hydrogens is 576 g/mol. The van der Waals surface area contributed by atoms with Gasteiger partial charge in [-0.1, -0.05) is 35.6 Å². The molecule has 0 saturated carbocycles. The fourth-order valence-corrected chi connectivity index (χ4v) is 4.99. The van der Waals surface area contributed by atoms with Crippen molar-refractivity contribution in [1.29, 1.82) is 0 Å². The molecule has 3 heterocycles. The number of nitrogens with zero attached hydrogens (tertiary/aromatic N) is 4. The molecule has 4 aromatic rings. The fourth-order valence-electron chi connectivity index (χ4n) is 3.87. The monoisotopic (exact) mass is 602 g/mol. The van der Waals surface area contributed by atoms with Crippen molar-refractivity contribution in [2.24, 2.45) is 0 Å². The number of amides is 1. The molecule has 0 saturated heterocycles. The molecule has 5 rings (SSSR count). The van der Waals surface area contributed by atoms with Gasteiger partial charge in [0.25, 0.3) is 0 Å². The van der Waals surface area contributed by atoms with Crippen LogP contribution in [0.4, 0.5) is 10.9 Å². The number of nitrogens with two attached hydrogens (primary N) is 1. The molecule has 0 radical (unpaired) electrons. The summed E-state index contributed by atoms with van der Waals surface area (Å²) in [4.78, 5) is 23.8. The third-order valence-electron chi connectivity index (χ3n) is 5.75. The number of halogens is 1. The lowest BCUT2D eigenvalue weighted by Gasteiger charge is -2.19. The number of carbonyl (C=O) groups excluding carboxylic acids is 1. The number of carbonyl (C=O) groups is 1. The number of nitrogen functional groups attached to an aromatic ring is 1. The second-order valence-corrected chi connectivity index (χ2v) is 10.7. The van der Waals surface area contributed by atoms with E-state index in [2.05, 4.69) is 36.2 Å². The van der Waals surface area contributed by atoms with Crippen molar-refractivity contribution in [3.63, 3.8) is 0 Å². The van der Waals surface area contributed by atoms with Crippen LogP contribution >= 0.6 is 27.3 Å². The number of para-hydroxylation sites is 1. The predicted molar refractivity (Wildman–Crippen MR) is 148 cm³/mol. The lowest BCUT2D eigenvalue weighted by molar-refractivity contribution is -0.116. The van der Waals surface area contributed by atoms with Gasteiger partial charge in [0, 0.05) is 12.6 Å². The summed E-state index contributed by atoms with van der Waals surface area (Å²) in [6.45, 7) is 0.240. The summed E-state index contributed by atoms with van der Waals surface area (Å²) in [5, 5.41) is 32.3. The molecule has 13 heteroatoms. The van der Waals surface area contributed by atoms with Gasteiger partial charge in [-0.25, -0.2) is 15.0 Å². The van der Waals surface area contributed by atoms with Crippen molar-refractivity contribution in [1.82, 2.24) is 19.5 Å². The van der Waals surface area contributed by atoms with Gasteiger partial charge in [-0.15, -0.1) is 0 Å². The van der Waals surface area contributed by atoms with E-state index in [-0.39, 0.29) is 12.5 Å². The summed E-state index contributed by atoms with van der Waals surface area (Å²) in [7, 11) is 0. The predicted octanol–water partition coefficient (Wildman–Crippen LogP) is 2.91. The van der Waals surface area contributed by atoms with Gasteiger partial charge in [-0.2, -0.15) is 0 Å². The smallest absolute Gasteiger partial charge is 0.226 e. The van der Waals surface area contributed by atoms with Crippen LogP contribution in [0.2, 0.25) is 0 Å². The fraction of sp³-hybridized carbons (Fsp3) is 0.280. The molecule has 0 spiro atoms. The average Bonchev–Trinajstić information content (AvgIpc) is 3.61. The number of hydrogen-bond acceptors (Lipinski definition) is 10. The van der Waals surface area contributed by atoms with E-state index in [1.807, 2.05) is 30.3 Å². The molecule has 0 aliphatic heterocycles. The summed E-state index contributed by atoms with van der Waals surface area (Å²) in [6.07, 6.45) is 5.42. The molecule has 11 nitrogen and oxygen atoms in total. The maximum Gasteiger partial charge on any atom is 0.226 e. The SMILES string of the molecule is Nc1nccc2c1ncn2[C@@H]1C=C(CO)[C@@H](O)[C@H]1O.O=C(CCCOc1ccccc1)Nc1ncc(Br)s1. The van der Waals surface area contributed by atoms with Gasteiger partial charge in [0.1, 0.15) is 23.5 Å². The number of ether oxygens (including phenoxy) is 1. The number of benzene rings is 1. The van der Waals surface area contributed by atoms with Gasteiger partial charge in [-0.05, 0) is 46.1 Å². The number of fused-ring (bicyclic) bond motifs is 1. The van der Waals surface area contributed by atoms with Gasteiger partial charge in [0.15, 0.2) is 10.9 Å². The first-order valence-electron chi connectivity index (χ1n) is 11.7. The highest BCUT2D eigenvalue weighted by Gasteiger charge is 2.35. The van der Waals surface area contributed by atoms with Crippen molar-refractivity contribution >= 4 is 55.2 Å². The number of thiazole rings is 1. The quantitative estimate of drug-likeness (QED) is 0.150. The minimum absolute atomic E-state index is 0.0430. The zero-order chi connectivity index (χ0) is 27.1. The Kier molecular flexibility index (Phi) is 9.42. The van der Waals surface area contributed by atoms with E-state index >= 15 is 0 Å². The molecule has 1 aliphatic rings. The van der Waals surface area contributed by atoms with Gasteiger partial charge in [-0.3, -0.25) is 4.79 Å². The van der Waals surface area contributed by atoms with Crippen LogP contribution in [0.15, 0.2) is 70.6 Å². The van der Waals surface area contributed by atoms with Crippen molar-refractivity contribution in [2.75, 3.05) is 24.3 Å². The minimum Gasteiger partial charge on any atom is -0.494 e. The Bertz CT molecular complexity index is 1400. The van der Waals surface area contributed by atoms with E-state index in [9.17, 15) is 15.0 Å². The van der Waals surface area contributed by atoms with Crippen LogP contribution in [-0.2, 0) is 4.79 Å². The largest absolute Gasteiger partial charge is 0.494 e. The third-order valence-corrected chi connectivity index (χ3v) is 7.14. The second kappa shape index (κ2) is 12.9. The van der Waals surface area contributed by atoms with Crippen molar-refractivity contribution in [2.45, 2.75) is 31.1 Å². The Morgan fingerprint density at radius 2 is 1.97 bits per heavy atom. The number of pyridine rings is 1. The number of aliphatic hydroxyl groups excluding tert-OH is 3. The zero-order valence-corrected chi connectivity index (χ0v) is 22.5. The first-order valence-corrected chi connectivity index (χ1v) is 13.3. The van der Waals surface area contributed by atoms with Gasteiger partial charge in [0.2, 0.25) is 5.91 Å². The number of anilines is 2. The van der Waals surface area contributed by atoms with Gasteiger partial charge < -0.3 is 35.7 Å². The molecule has 200 valence electrons. The molecule has 0 unspecified atom stereocenters. The van der Waals surface area contributed by atoms with Crippen LogP contribution in [-0.4, -0.2) is 66.2 Å². The van der Waals surface area contributed by atoms with Crippen LogP contribution in [0.1, 0.15) is 18.9 Å². The number of rotatable bonds is 8. The van der Waals surface area contributed by atoms with Crippen LogP contribution in [0.25, 0.3) is 11.0 Å². The lowest BCUT2D eigenvalue weighted by atomic mass is 10.1. The highest BCUT2D eigenvalue weighted by Crippen LogP contribution is 2.32. The van der Waals surface area contributed by atoms with Crippen LogP contribution < -0.4 is 15.8 Å². The summed E-state index contributed by atoms with van der Waals surface area (Å²) in [5.41, 5.74) is 7.41. The molecule has 6 N–H and O–H groups in total. The molecule has 1 aliphatic carbocycles. The standard InChI is InChI=1S/C13H13BrN2O2S.C12H14N4O3/c14-11-9-15-13(19-11)16-12(17)7-4-8-18-10-5-2-1-3-6-10;13-12-9-7(1-2-14-12)16(5-15-9)8-3-6(4-17)10(18)11(8)19/h1-3,5-6,9H,4,7-8H2,(H,15,16,17);1-3,5,8,10-11,17-19H,4H2,(H2,13,14)/t;8-,10-,11+/m.1/s1. The molecule has 0 bridgehead atoms. The van der Waals surface area contributed by atoms with E-state index < -0.39 is 18.2 Å². The Balaban J connectivity index is 0.000000177. The van der Waals surface area contributed by atoms with Crippen LogP contribution in [0.3, 0.4) is 0 Å².